The smallest absolute Gasteiger partial charge is 0.0558 e. The van der Waals surface area contributed by atoms with E-state index in [-0.39, 0.29) is 13.2 Å². The molecule has 1 rings (SSSR count). The van der Waals surface area contributed by atoms with E-state index in [0.717, 1.165) is 13.1 Å². The molecule has 0 aliphatic heterocycles. The summed E-state index contributed by atoms with van der Waals surface area (Å²) in [4.78, 5) is 2.34. The van der Waals surface area contributed by atoms with Gasteiger partial charge in [0.1, 0.15) is 0 Å². The van der Waals surface area contributed by atoms with Gasteiger partial charge in [-0.05, 0) is 18.8 Å². The largest absolute Gasteiger partial charge is 0.396 e. The van der Waals surface area contributed by atoms with Gasteiger partial charge in [0.25, 0.3) is 0 Å². The molecule has 0 radical (unpaired) electrons. The van der Waals surface area contributed by atoms with Gasteiger partial charge < -0.3 is 10.2 Å². The summed E-state index contributed by atoms with van der Waals surface area (Å²) in [5, 5.41) is 18.0. The molecule has 1 atom stereocenters. The predicted molar refractivity (Wildman–Crippen MR) is 57.2 cm³/mol. The maximum Gasteiger partial charge on any atom is 0.0558 e. The minimum absolute atomic E-state index is 0.231. The lowest BCUT2D eigenvalue weighted by Gasteiger charge is -2.30. The predicted octanol–water partition coefficient (Wildman–Crippen LogP) is 0.852. The van der Waals surface area contributed by atoms with E-state index in [2.05, 4.69) is 11.8 Å². The summed E-state index contributed by atoms with van der Waals surface area (Å²) < 4.78 is 0. The Morgan fingerprint density at radius 1 is 1.29 bits per heavy atom. The topological polar surface area (TPSA) is 43.7 Å². The highest BCUT2D eigenvalue weighted by atomic mass is 16.3. The van der Waals surface area contributed by atoms with Crippen LogP contribution in [0, 0.1) is 5.92 Å². The van der Waals surface area contributed by atoms with E-state index >= 15 is 0 Å². The van der Waals surface area contributed by atoms with Crippen LogP contribution >= 0.6 is 0 Å². The van der Waals surface area contributed by atoms with Crippen LogP contribution in [0.25, 0.3) is 0 Å². The van der Waals surface area contributed by atoms with Crippen molar-refractivity contribution in [3.8, 4) is 0 Å². The second-order valence-electron chi connectivity index (χ2n) is 4.44. The van der Waals surface area contributed by atoms with Crippen molar-refractivity contribution in [2.24, 2.45) is 5.92 Å². The number of aliphatic hydroxyl groups excluding tert-OH is 2. The van der Waals surface area contributed by atoms with E-state index in [4.69, 9.17) is 10.2 Å². The van der Waals surface area contributed by atoms with Crippen LogP contribution in [0.15, 0.2) is 0 Å². The highest BCUT2D eigenvalue weighted by molar-refractivity contribution is 4.78. The van der Waals surface area contributed by atoms with Gasteiger partial charge in [-0.15, -0.1) is 0 Å². The fourth-order valence-electron chi connectivity index (χ4n) is 2.28. The van der Waals surface area contributed by atoms with Crippen LogP contribution in [-0.4, -0.2) is 47.5 Å². The molecule has 2 N–H and O–H groups in total. The lowest BCUT2D eigenvalue weighted by atomic mass is 10.1. The zero-order valence-electron chi connectivity index (χ0n) is 9.15. The summed E-state index contributed by atoms with van der Waals surface area (Å²) in [5.74, 6) is 0.321. The van der Waals surface area contributed by atoms with E-state index in [1.165, 1.54) is 25.7 Å². The van der Waals surface area contributed by atoms with Gasteiger partial charge in [0.05, 0.1) is 6.61 Å². The maximum atomic E-state index is 9.01. The van der Waals surface area contributed by atoms with Crippen molar-refractivity contribution in [3.63, 3.8) is 0 Å². The summed E-state index contributed by atoms with van der Waals surface area (Å²) >= 11 is 0. The summed E-state index contributed by atoms with van der Waals surface area (Å²) in [6.07, 6.45) is 5.16. The van der Waals surface area contributed by atoms with Gasteiger partial charge in [0, 0.05) is 25.7 Å². The molecule has 1 fully saturated rings. The van der Waals surface area contributed by atoms with E-state index in [9.17, 15) is 0 Å². The van der Waals surface area contributed by atoms with Gasteiger partial charge in [-0.1, -0.05) is 19.8 Å². The van der Waals surface area contributed by atoms with Crippen molar-refractivity contribution in [3.05, 3.63) is 0 Å². The molecular weight excluding hydrogens is 178 g/mol. The molecule has 1 aliphatic rings. The highest BCUT2D eigenvalue weighted by Gasteiger charge is 2.22. The van der Waals surface area contributed by atoms with Crippen LogP contribution < -0.4 is 0 Å². The molecule has 84 valence electrons. The van der Waals surface area contributed by atoms with Gasteiger partial charge in [0.2, 0.25) is 0 Å². The Balaban J connectivity index is 2.36. The average molecular weight is 201 g/mol. The molecule has 14 heavy (non-hydrogen) atoms. The Hall–Kier alpha value is -0.120. The third-order valence-corrected chi connectivity index (χ3v) is 3.09. The maximum absolute atomic E-state index is 9.01. The quantitative estimate of drug-likeness (QED) is 0.669. The van der Waals surface area contributed by atoms with Crippen molar-refractivity contribution in [2.45, 2.75) is 38.6 Å². The summed E-state index contributed by atoms with van der Waals surface area (Å²) in [6.45, 7) is 4.21. The zero-order valence-corrected chi connectivity index (χ0v) is 9.15. The van der Waals surface area contributed by atoms with E-state index in [0.29, 0.717) is 12.0 Å². The zero-order chi connectivity index (χ0) is 10.4. The molecule has 3 nitrogen and oxygen atoms in total. The molecule has 1 aliphatic carbocycles. The Morgan fingerprint density at radius 2 is 1.93 bits per heavy atom. The monoisotopic (exact) mass is 201 g/mol. The van der Waals surface area contributed by atoms with E-state index in [1.54, 1.807) is 0 Å². The molecule has 3 heteroatoms. The second kappa shape index (κ2) is 6.38. The lowest BCUT2D eigenvalue weighted by molar-refractivity contribution is 0.113. The normalized spacial score (nSPS) is 20.6. The molecule has 0 saturated heterocycles. The second-order valence-corrected chi connectivity index (χ2v) is 4.44. The number of hydrogen-bond acceptors (Lipinski definition) is 3. The first-order valence-corrected chi connectivity index (χ1v) is 5.73. The summed E-state index contributed by atoms with van der Waals surface area (Å²) in [5.41, 5.74) is 0. The van der Waals surface area contributed by atoms with Crippen LogP contribution in [-0.2, 0) is 0 Å². The van der Waals surface area contributed by atoms with Crippen molar-refractivity contribution in [2.75, 3.05) is 26.3 Å². The molecule has 0 amide bonds. The van der Waals surface area contributed by atoms with Gasteiger partial charge in [-0.2, -0.15) is 0 Å². The first-order chi connectivity index (χ1) is 6.77. The number of nitrogens with zero attached hydrogens (tertiary/aromatic N) is 1. The molecule has 1 saturated carbocycles. The van der Waals surface area contributed by atoms with Crippen LogP contribution in [0.1, 0.15) is 32.6 Å². The molecule has 0 bridgehead atoms. The first kappa shape index (κ1) is 12.0. The van der Waals surface area contributed by atoms with Crippen LogP contribution in [0.3, 0.4) is 0 Å². The summed E-state index contributed by atoms with van der Waals surface area (Å²) in [7, 11) is 0. The van der Waals surface area contributed by atoms with Crippen molar-refractivity contribution < 1.29 is 10.2 Å². The number of hydrogen-bond donors (Lipinski definition) is 2. The van der Waals surface area contributed by atoms with Crippen LogP contribution in [0.2, 0.25) is 0 Å². The van der Waals surface area contributed by atoms with Crippen LogP contribution in [0.4, 0.5) is 0 Å². The SMILES string of the molecule is CC(CO)CN(CCO)C1CCCC1. The standard InChI is InChI=1S/C11H23NO2/c1-10(9-14)8-12(6-7-13)11-4-2-3-5-11/h10-11,13-14H,2-9H2,1H3. The van der Waals surface area contributed by atoms with Crippen molar-refractivity contribution in [1.29, 1.82) is 0 Å². The van der Waals surface area contributed by atoms with Gasteiger partial charge in [0.15, 0.2) is 0 Å². The number of aliphatic hydroxyl groups is 2. The molecule has 0 heterocycles. The fourth-order valence-corrected chi connectivity index (χ4v) is 2.28. The van der Waals surface area contributed by atoms with E-state index in [1.807, 2.05) is 0 Å². The minimum atomic E-state index is 0.231. The Bertz CT molecular complexity index is 146. The Morgan fingerprint density at radius 3 is 2.43 bits per heavy atom. The fraction of sp³-hybridized carbons (Fsp3) is 1.00. The van der Waals surface area contributed by atoms with Crippen LogP contribution in [0.5, 0.6) is 0 Å². The molecular formula is C11H23NO2. The van der Waals surface area contributed by atoms with Crippen molar-refractivity contribution >= 4 is 0 Å². The lowest BCUT2D eigenvalue weighted by Crippen LogP contribution is -2.39. The summed E-state index contributed by atoms with van der Waals surface area (Å²) in [6, 6.07) is 0.649. The highest BCUT2D eigenvalue weighted by Crippen LogP contribution is 2.23. The minimum Gasteiger partial charge on any atom is -0.396 e. The molecule has 0 aromatic heterocycles. The first-order valence-electron chi connectivity index (χ1n) is 5.73. The molecule has 0 spiro atoms. The Labute approximate surface area is 86.7 Å². The average Bonchev–Trinajstić information content (AvgIpc) is 2.69. The molecule has 0 aromatic rings. The number of rotatable bonds is 6. The van der Waals surface area contributed by atoms with Gasteiger partial charge in [-0.3, -0.25) is 4.90 Å². The van der Waals surface area contributed by atoms with Crippen molar-refractivity contribution in [1.82, 2.24) is 4.90 Å². The third kappa shape index (κ3) is 3.56. The Kier molecular flexibility index (Phi) is 5.45. The van der Waals surface area contributed by atoms with Gasteiger partial charge in [-0.25, -0.2) is 0 Å². The third-order valence-electron chi connectivity index (χ3n) is 3.09. The van der Waals surface area contributed by atoms with Gasteiger partial charge >= 0.3 is 0 Å². The molecule has 0 aromatic carbocycles. The van der Waals surface area contributed by atoms with E-state index < -0.39 is 0 Å². The molecule has 1 unspecified atom stereocenters.